The zero-order valence-electron chi connectivity index (χ0n) is 11.4. The van der Waals surface area contributed by atoms with Crippen LogP contribution in [0.2, 0.25) is 0 Å². The fourth-order valence-corrected chi connectivity index (χ4v) is 2.32. The molecule has 0 bridgehead atoms. The number of nitrogens with zero attached hydrogens (tertiary/aromatic N) is 3. The average Bonchev–Trinajstić information content (AvgIpc) is 2.43. The molecule has 1 saturated heterocycles. The first-order valence-electron chi connectivity index (χ1n) is 6.64. The Morgan fingerprint density at radius 2 is 1.74 bits per heavy atom. The Kier molecular flexibility index (Phi) is 4.76. The number of hydrogen-bond donors (Lipinski definition) is 2. The molecule has 0 radical (unpaired) electrons. The number of piperazine rings is 1. The number of hydrogen-bond acceptors (Lipinski definition) is 4. The number of aryl methyl sites for hydroxylation is 1. The summed E-state index contributed by atoms with van der Waals surface area (Å²) >= 11 is 0. The molecule has 0 amide bonds. The highest BCUT2D eigenvalue weighted by molar-refractivity contribution is 5.81. The Bertz CT molecular complexity index is 422. The largest absolute Gasteiger partial charge is 0.409 e. The van der Waals surface area contributed by atoms with Gasteiger partial charge in [-0.2, -0.15) is 0 Å². The summed E-state index contributed by atoms with van der Waals surface area (Å²) < 4.78 is 0. The molecular weight excluding hydrogens is 240 g/mol. The molecule has 1 heterocycles. The van der Waals surface area contributed by atoms with Crippen LogP contribution in [-0.4, -0.2) is 53.6 Å². The van der Waals surface area contributed by atoms with Gasteiger partial charge in [-0.15, -0.1) is 0 Å². The van der Waals surface area contributed by atoms with Gasteiger partial charge in [-0.1, -0.05) is 35.0 Å². The van der Waals surface area contributed by atoms with Crippen molar-refractivity contribution < 1.29 is 5.21 Å². The first kappa shape index (κ1) is 13.8. The van der Waals surface area contributed by atoms with Crippen molar-refractivity contribution in [1.29, 1.82) is 0 Å². The van der Waals surface area contributed by atoms with Gasteiger partial charge in [0, 0.05) is 32.7 Å². The smallest absolute Gasteiger partial charge is 0.153 e. The summed E-state index contributed by atoms with van der Waals surface area (Å²) in [7, 11) is 0. The summed E-state index contributed by atoms with van der Waals surface area (Å²) in [6.45, 7) is 7.62. The van der Waals surface area contributed by atoms with Crippen molar-refractivity contribution in [2.45, 2.75) is 13.5 Å². The predicted molar refractivity (Wildman–Crippen MR) is 76.3 cm³/mol. The van der Waals surface area contributed by atoms with E-state index in [1.54, 1.807) is 0 Å². The zero-order valence-corrected chi connectivity index (χ0v) is 11.4. The summed E-state index contributed by atoms with van der Waals surface area (Å²) in [5, 5.41) is 11.6. The van der Waals surface area contributed by atoms with Crippen molar-refractivity contribution in [3.8, 4) is 0 Å². The normalized spacial score (nSPS) is 18.7. The van der Waals surface area contributed by atoms with Crippen LogP contribution in [0.5, 0.6) is 0 Å². The summed E-state index contributed by atoms with van der Waals surface area (Å²) in [6, 6.07) is 8.70. The summed E-state index contributed by atoms with van der Waals surface area (Å²) in [5.41, 5.74) is 8.18. The van der Waals surface area contributed by atoms with Crippen molar-refractivity contribution >= 4 is 5.84 Å². The molecule has 0 unspecified atom stereocenters. The average molecular weight is 262 g/mol. The van der Waals surface area contributed by atoms with Gasteiger partial charge in [-0.05, 0) is 12.5 Å². The number of oxime groups is 1. The molecule has 5 heteroatoms. The lowest BCUT2D eigenvalue weighted by molar-refractivity contribution is 0.139. The third kappa shape index (κ3) is 4.22. The van der Waals surface area contributed by atoms with Crippen molar-refractivity contribution in [2.75, 3.05) is 32.7 Å². The lowest BCUT2D eigenvalue weighted by Gasteiger charge is -2.34. The maximum absolute atomic E-state index is 8.56. The van der Waals surface area contributed by atoms with Crippen molar-refractivity contribution in [2.24, 2.45) is 10.9 Å². The molecule has 0 aliphatic carbocycles. The maximum Gasteiger partial charge on any atom is 0.153 e. The first-order chi connectivity index (χ1) is 9.17. The van der Waals surface area contributed by atoms with E-state index in [2.05, 4.69) is 46.1 Å². The van der Waals surface area contributed by atoms with Crippen LogP contribution < -0.4 is 5.73 Å². The van der Waals surface area contributed by atoms with E-state index in [1.807, 2.05) is 0 Å². The van der Waals surface area contributed by atoms with Crippen LogP contribution in [0.25, 0.3) is 0 Å². The van der Waals surface area contributed by atoms with E-state index in [4.69, 9.17) is 10.9 Å². The summed E-state index contributed by atoms with van der Waals surface area (Å²) in [5.74, 6) is 0.284. The van der Waals surface area contributed by atoms with Crippen molar-refractivity contribution in [3.05, 3.63) is 35.4 Å². The molecule has 0 atom stereocenters. The van der Waals surface area contributed by atoms with Gasteiger partial charge in [0.05, 0.1) is 6.54 Å². The van der Waals surface area contributed by atoms with E-state index in [0.717, 1.165) is 32.7 Å². The number of benzene rings is 1. The molecule has 5 nitrogen and oxygen atoms in total. The fraction of sp³-hybridized carbons (Fsp3) is 0.500. The van der Waals surface area contributed by atoms with E-state index in [9.17, 15) is 0 Å². The number of amidine groups is 1. The standard InChI is InChI=1S/C14H22N4O/c1-12-2-4-13(5-3-12)10-17-6-8-18(9-7-17)11-14(15)16-19/h2-5,19H,6-11H2,1H3,(H2,15,16). The second kappa shape index (κ2) is 6.54. The first-order valence-corrected chi connectivity index (χ1v) is 6.64. The van der Waals surface area contributed by atoms with Crippen molar-refractivity contribution in [3.63, 3.8) is 0 Å². The van der Waals surface area contributed by atoms with E-state index in [1.165, 1.54) is 11.1 Å². The monoisotopic (exact) mass is 262 g/mol. The highest BCUT2D eigenvalue weighted by Gasteiger charge is 2.17. The molecule has 0 spiro atoms. The quantitative estimate of drug-likeness (QED) is 0.365. The van der Waals surface area contributed by atoms with Gasteiger partial charge in [0.25, 0.3) is 0 Å². The van der Waals surface area contributed by atoms with Crippen LogP contribution in [0.15, 0.2) is 29.4 Å². The molecule has 104 valence electrons. The number of rotatable bonds is 4. The van der Waals surface area contributed by atoms with Crippen LogP contribution in [0.3, 0.4) is 0 Å². The van der Waals surface area contributed by atoms with Crippen molar-refractivity contribution in [1.82, 2.24) is 9.80 Å². The molecule has 1 aliphatic heterocycles. The van der Waals surface area contributed by atoms with E-state index in [-0.39, 0.29) is 5.84 Å². The molecule has 1 aromatic rings. The Labute approximate surface area is 114 Å². The number of nitrogens with two attached hydrogens (primary N) is 1. The highest BCUT2D eigenvalue weighted by Crippen LogP contribution is 2.09. The molecule has 3 N–H and O–H groups in total. The van der Waals surface area contributed by atoms with Gasteiger partial charge < -0.3 is 10.9 Å². The van der Waals surface area contributed by atoms with Crippen LogP contribution in [-0.2, 0) is 6.54 Å². The van der Waals surface area contributed by atoms with Gasteiger partial charge in [0.1, 0.15) is 0 Å². The molecule has 1 aliphatic rings. The molecule has 0 saturated carbocycles. The minimum Gasteiger partial charge on any atom is -0.409 e. The zero-order chi connectivity index (χ0) is 13.7. The molecular formula is C14H22N4O. The molecule has 1 aromatic carbocycles. The molecule has 0 aromatic heterocycles. The second-order valence-corrected chi connectivity index (χ2v) is 5.13. The summed E-state index contributed by atoms with van der Waals surface area (Å²) in [6.07, 6.45) is 0. The fourth-order valence-electron chi connectivity index (χ4n) is 2.32. The highest BCUT2D eigenvalue weighted by atomic mass is 16.4. The van der Waals surface area contributed by atoms with Crippen LogP contribution >= 0.6 is 0 Å². The van der Waals surface area contributed by atoms with E-state index in [0.29, 0.717) is 6.54 Å². The minimum absolute atomic E-state index is 0.284. The second-order valence-electron chi connectivity index (χ2n) is 5.13. The Hall–Kier alpha value is -1.59. The van der Waals surface area contributed by atoms with Crippen LogP contribution in [0.1, 0.15) is 11.1 Å². The van der Waals surface area contributed by atoms with E-state index >= 15 is 0 Å². The Morgan fingerprint density at radius 3 is 2.32 bits per heavy atom. The lowest BCUT2D eigenvalue weighted by Crippen LogP contribution is -2.48. The summed E-state index contributed by atoms with van der Waals surface area (Å²) in [4.78, 5) is 4.65. The van der Waals surface area contributed by atoms with Gasteiger partial charge in [-0.25, -0.2) is 0 Å². The SMILES string of the molecule is Cc1ccc(CN2CCN(CC(N)=NO)CC2)cc1. The van der Waals surface area contributed by atoms with Crippen LogP contribution in [0.4, 0.5) is 0 Å². The van der Waals surface area contributed by atoms with Crippen LogP contribution in [0, 0.1) is 6.92 Å². The molecule has 2 rings (SSSR count). The molecule has 1 fully saturated rings. The van der Waals surface area contributed by atoms with Gasteiger partial charge in [0.15, 0.2) is 5.84 Å². The Balaban J connectivity index is 1.78. The predicted octanol–water partition coefficient (Wildman–Crippen LogP) is 0.859. The third-order valence-electron chi connectivity index (χ3n) is 3.51. The maximum atomic E-state index is 8.56. The van der Waals surface area contributed by atoms with Gasteiger partial charge in [-0.3, -0.25) is 9.80 Å². The Morgan fingerprint density at radius 1 is 1.16 bits per heavy atom. The lowest BCUT2D eigenvalue weighted by atomic mass is 10.1. The third-order valence-corrected chi connectivity index (χ3v) is 3.51. The van der Waals surface area contributed by atoms with Gasteiger partial charge >= 0.3 is 0 Å². The minimum atomic E-state index is 0.284. The topological polar surface area (TPSA) is 65.1 Å². The molecule has 19 heavy (non-hydrogen) atoms. The van der Waals surface area contributed by atoms with E-state index < -0.39 is 0 Å². The van der Waals surface area contributed by atoms with Gasteiger partial charge in [0.2, 0.25) is 0 Å².